The third-order valence-electron chi connectivity index (χ3n) is 7.10. The molecule has 1 spiro atoms. The zero-order chi connectivity index (χ0) is 21.2. The van der Waals surface area contributed by atoms with Crippen LogP contribution in [0.3, 0.4) is 0 Å². The quantitative estimate of drug-likeness (QED) is 0.728. The number of aromatic nitrogens is 3. The molecule has 0 aromatic carbocycles. The summed E-state index contributed by atoms with van der Waals surface area (Å²) in [5, 5.41) is 0.440. The summed E-state index contributed by atoms with van der Waals surface area (Å²) in [5.41, 5.74) is -0.356. The van der Waals surface area contributed by atoms with Crippen LogP contribution in [0.4, 0.5) is 14.6 Å². The fraction of sp³-hybridized carbons (Fsp3) is 0.667. The van der Waals surface area contributed by atoms with E-state index >= 15 is 0 Å². The first-order chi connectivity index (χ1) is 15.0. The summed E-state index contributed by atoms with van der Waals surface area (Å²) < 4.78 is 46.2. The van der Waals surface area contributed by atoms with Gasteiger partial charge in [-0.25, -0.2) is 13.8 Å². The molecule has 2 atom stereocenters. The standard InChI is InChI=1S/C21H25F2N5O3/c1-27-8-20(9-29-10-20)11-30-18-15-16(14(23)6-24-18)25-19(26-17(15)27)31-12-21-3-2-4-28(21)7-13(22)5-21/h6,13H,2-5,7-12H2,1H3/t13-,21+/m1/s1. The first-order valence-corrected chi connectivity index (χ1v) is 10.8. The monoisotopic (exact) mass is 433 g/mol. The van der Waals surface area contributed by atoms with Crippen LogP contribution in [0.1, 0.15) is 19.3 Å². The summed E-state index contributed by atoms with van der Waals surface area (Å²) in [4.78, 5) is 17.3. The van der Waals surface area contributed by atoms with Crippen molar-refractivity contribution < 1.29 is 23.0 Å². The van der Waals surface area contributed by atoms with Gasteiger partial charge in [0.05, 0.1) is 30.4 Å². The van der Waals surface area contributed by atoms with Gasteiger partial charge in [-0.1, -0.05) is 0 Å². The van der Waals surface area contributed by atoms with Crippen LogP contribution in [0.5, 0.6) is 11.9 Å². The van der Waals surface area contributed by atoms with Gasteiger partial charge in [-0.15, -0.1) is 0 Å². The molecule has 0 bridgehead atoms. The molecule has 4 aliphatic heterocycles. The van der Waals surface area contributed by atoms with Crippen molar-refractivity contribution in [2.75, 3.05) is 58.0 Å². The Morgan fingerprint density at radius 2 is 2.16 bits per heavy atom. The Bertz CT molecular complexity index is 1040. The molecule has 2 aromatic heterocycles. The lowest BCUT2D eigenvalue weighted by Gasteiger charge is -2.44. The molecular weight excluding hydrogens is 408 g/mol. The number of halogens is 2. The van der Waals surface area contributed by atoms with Crippen LogP contribution in [0.2, 0.25) is 0 Å². The number of anilines is 1. The molecule has 8 nitrogen and oxygen atoms in total. The summed E-state index contributed by atoms with van der Waals surface area (Å²) in [6, 6.07) is 0.0911. The summed E-state index contributed by atoms with van der Waals surface area (Å²) in [7, 11) is 1.91. The molecule has 31 heavy (non-hydrogen) atoms. The van der Waals surface area contributed by atoms with E-state index in [0.717, 1.165) is 25.6 Å². The van der Waals surface area contributed by atoms with Crippen molar-refractivity contribution in [3.05, 3.63) is 12.0 Å². The number of ether oxygens (including phenoxy) is 3. The normalized spacial score (nSPS) is 29.4. The highest BCUT2D eigenvalue weighted by Crippen LogP contribution is 2.42. The van der Waals surface area contributed by atoms with Crippen LogP contribution < -0.4 is 14.4 Å². The van der Waals surface area contributed by atoms with Crippen molar-refractivity contribution >= 4 is 16.7 Å². The van der Waals surface area contributed by atoms with Gasteiger partial charge < -0.3 is 19.1 Å². The molecule has 0 aliphatic carbocycles. The molecule has 0 radical (unpaired) electrons. The van der Waals surface area contributed by atoms with Crippen molar-refractivity contribution in [2.24, 2.45) is 5.41 Å². The lowest BCUT2D eigenvalue weighted by molar-refractivity contribution is -0.126. The highest BCUT2D eigenvalue weighted by Gasteiger charge is 2.49. The summed E-state index contributed by atoms with van der Waals surface area (Å²) in [6.45, 7) is 3.88. The van der Waals surface area contributed by atoms with E-state index in [1.807, 2.05) is 11.9 Å². The Morgan fingerprint density at radius 1 is 1.29 bits per heavy atom. The van der Waals surface area contributed by atoms with E-state index < -0.39 is 12.0 Å². The molecule has 2 aromatic rings. The lowest BCUT2D eigenvalue weighted by Crippen LogP contribution is -2.54. The van der Waals surface area contributed by atoms with Crippen LogP contribution >= 0.6 is 0 Å². The second-order valence-electron chi connectivity index (χ2n) is 9.47. The Labute approximate surface area is 178 Å². The highest BCUT2D eigenvalue weighted by molar-refractivity contribution is 5.94. The molecule has 0 amide bonds. The van der Waals surface area contributed by atoms with E-state index in [2.05, 4.69) is 19.9 Å². The van der Waals surface area contributed by atoms with E-state index in [9.17, 15) is 8.78 Å². The predicted octanol–water partition coefficient (Wildman–Crippen LogP) is 1.96. The third-order valence-corrected chi connectivity index (χ3v) is 7.10. The fourth-order valence-corrected chi connectivity index (χ4v) is 5.55. The molecule has 0 saturated carbocycles. The van der Waals surface area contributed by atoms with Gasteiger partial charge in [0, 0.05) is 26.6 Å². The van der Waals surface area contributed by atoms with E-state index in [1.165, 1.54) is 0 Å². The highest BCUT2D eigenvalue weighted by atomic mass is 19.1. The SMILES string of the molecule is CN1CC2(COC2)COc2ncc(F)c3nc(OC[C@@]45CCCN4C[C@H](F)C5)nc1c23. The molecule has 0 unspecified atom stereocenters. The molecular formula is C21H25F2N5O3. The average Bonchev–Trinajstić information content (AvgIpc) is 3.23. The van der Waals surface area contributed by atoms with Crippen LogP contribution in [0, 0.1) is 11.2 Å². The zero-order valence-electron chi connectivity index (χ0n) is 17.4. The zero-order valence-corrected chi connectivity index (χ0v) is 17.4. The van der Waals surface area contributed by atoms with Gasteiger partial charge in [-0.05, 0) is 19.4 Å². The van der Waals surface area contributed by atoms with Crippen LogP contribution in [0.25, 0.3) is 10.9 Å². The van der Waals surface area contributed by atoms with Crippen molar-refractivity contribution in [3.63, 3.8) is 0 Å². The number of fused-ring (bicyclic) bond motifs is 1. The minimum absolute atomic E-state index is 0.0911. The van der Waals surface area contributed by atoms with Gasteiger partial charge >= 0.3 is 6.01 Å². The van der Waals surface area contributed by atoms with Gasteiger partial charge in [-0.2, -0.15) is 9.97 Å². The van der Waals surface area contributed by atoms with Gasteiger partial charge in [0.2, 0.25) is 5.88 Å². The molecule has 166 valence electrons. The lowest BCUT2D eigenvalue weighted by atomic mass is 9.86. The Morgan fingerprint density at radius 3 is 2.97 bits per heavy atom. The maximum absolute atomic E-state index is 14.7. The van der Waals surface area contributed by atoms with Crippen molar-refractivity contribution in [1.29, 1.82) is 0 Å². The van der Waals surface area contributed by atoms with Crippen molar-refractivity contribution in [2.45, 2.75) is 31.0 Å². The minimum Gasteiger partial charge on any atom is -0.476 e. The number of nitrogens with zero attached hydrogens (tertiary/aromatic N) is 5. The molecule has 10 heteroatoms. The van der Waals surface area contributed by atoms with Crippen LogP contribution in [0.15, 0.2) is 6.20 Å². The van der Waals surface area contributed by atoms with Gasteiger partial charge in [0.1, 0.15) is 36.1 Å². The van der Waals surface area contributed by atoms with E-state index in [0.29, 0.717) is 56.4 Å². The topological polar surface area (TPSA) is 72.8 Å². The maximum Gasteiger partial charge on any atom is 0.319 e. The first-order valence-electron chi connectivity index (χ1n) is 10.8. The number of rotatable bonds is 3. The molecule has 6 rings (SSSR count). The molecule has 3 fully saturated rings. The largest absolute Gasteiger partial charge is 0.476 e. The van der Waals surface area contributed by atoms with Gasteiger partial charge in [0.15, 0.2) is 5.82 Å². The second-order valence-corrected chi connectivity index (χ2v) is 9.47. The van der Waals surface area contributed by atoms with E-state index in [-0.39, 0.29) is 29.1 Å². The Hall–Kier alpha value is -2.33. The summed E-state index contributed by atoms with van der Waals surface area (Å²) in [5.74, 6) is 0.271. The van der Waals surface area contributed by atoms with Gasteiger partial charge in [-0.3, -0.25) is 4.90 Å². The average molecular weight is 433 g/mol. The number of pyridine rings is 1. The number of hydrogen-bond donors (Lipinski definition) is 0. The van der Waals surface area contributed by atoms with E-state index in [4.69, 9.17) is 14.2 Å². The first kappa shape index (κ1) is 19.4. The third kappa shape index (κ3) is 3.02. The summed E-state index contributed by atoms with van der Waals surface area (Å²) in [6.07, 6.45) is 2.63. The van der Waals surface area contributed by atoms with Crippen LogP contribution in [-0.4, -0.2) is 84.7 Å². The van der Waals surface area contributed by atoms with Crippen molar-refractivity contribution in [1.82, 2.24) is 19.9 Å². The molecule has 4 aliphatic rings. The smallest absolute Gasteiger partial charge is 0.319 e. The fourth-order valence-electron chi connectivity index (χ4n) is 5.55. The number of hydrogen-bond acceptors (Lipinski definition) is 8. The Kier molecular flexibility index (Phi) is 4.27. The van der Waals surface area contributed by atoms with E-state index in [1.54, 1.807) is 0 Å². The predicted molar refractivity (Wildman–Crippen MR) is 108 cm³/mol. The van der Waals surface area contributed by atoms with Gasteiger partial charge in [0.25, 0.3) is 0 Å². The maximum atomic E-state index is 14.7. The molecule has 3 saturated heterocycles. The molecule has 0 N–H and O–H groups in total. The summed E-state index contributed by atoms with van der Waals surface area (Å²) >= 11 is 0. The number of alkyl halides is 1. The van der Waals surface area contributed by atoms with Crippen LogP contribution in [-0.2, 0) is 4.74 Å². The Balaban J connectivity index is 1.37. The van der Waals surface area contributed by atoms with Crippen molar-refractivity contribution in [3.8, 4) is 11.9 Å². The second kappa shape index (κ2) is 6.83. The molecule has 6 heterocycles. The minimum atomic E-state index is -0.843.